The maximum absolute atomic E-state index is 15.2. The van der Waals surface area contributed by atoms with Crippen LogP contribution in [0, 0.1) is 11.8 Å². The van der Waals surface area contributed by atoms with Crippen LogP contribution in [0.1, 0.15) is 52.0 Å². The third-order valence-corrected chi connectivity index (χ3v) is 15.7. The molecule has 0 saturated carbocycles. The Morgan fingerprint density at radius 1 is 0.653 bits per heavy atom. The van der Waals surface area contributed by atoms with Crippen molar-refractivity contribution in [2.75, 3.05) is 58.7 Å². The number of carbonyl (C=O) groups is 9. The quantitative estimate of drug-likeness (QED) is 0.190. The number of para-hydroxylation sites is 4. The topological polar surface area (TPSA) is 285 Å². The Morgan fingerprint density at radius 3 is 1.68 bits per heavy atom. The molecule has 4 N–H and O–H groups in total. The number of hydrogen-bond donors (Lipinski definition) is 4. The summed E-state index contributed by atoms with van der Waals surface area (Å²) < 4.78 is 10.7. The number of cyclic esters (lactones) is 2. The normalized spacial score (nSPS) is 25.8. The van der Waals surface area contributed by atoms with Crippen LogP contribution in [-0.4, -0.2) is 199 Å². The van der Waals surface area contributed by atoms with E-state index in [0.29, 0.717) is 22.1 Å². The summed E-state index contributed by atoms with van der Waals surface area (Å²) in [5.74, 6) is -8.72. The molecule has 2 aliphatic heterocycles. The van der Waals surface area contributed by atoms with E-state index in [0.717, 1.165) is 43.1 Å². The molecule has 402 valence electrons. The number of hydrogen-bond acceptors (Lipinski definition) is 18. The van der Waals surface area contributed by atoms with Crippen LogP contribution in [0.4, 0.5) is 5.82 Å². The van der Waals surface area contributed by atoms with E-state index in [1.807, 2.05) is 0 Å². The summed E-state index contributed by atoms with van der Waals surface area (Å²) in [5.41, 5.74) is 1.80. The fourth-order valence-corrected chi connectivity index (χ4v) is 11.3. The van der Waals surface area contributed by atoms with Crippen molar-refractivity contribution < 1.29 is 52.6 Å². The Kier molecular flexibility index (Phi) is 19.0. The number of carbonyl (C=O) groups excluding carboxylic acids is 9. The maximum atomic E-state index is 15.2. The van der Waals surface area contributed by atoms with Crippen LogP contribution >= 0.6 is 23.5 Å². The zero-order chi connectivity index (χ0) is 55.0. The molecule has 25 heteroatoms. The lowest BCUT2D eigenvalue weighted by molar-refractivity contribution is -0.160. The van der Waals surface area contributed by atoms with E-state index in [1.54, 1.807) is 82.5 Å². The predicted molar refractivity (Wildman–Crippen MR) is 281 cm³/mol. The second-order valence-electron chi connectivity index (χ2n) is 19.0. The number of fused-ring (bicyclic) bond motifs is 6. The third-order valence-electron chi connectivity index (χ3n) is 12.9. The largest absolute Gasteiger partial charge is 0.461 e. The molecule has 0 spiro atoms. The van der Waals surface area contributed by atoms with E-state index in [9.17, 15) is 33.6 Å². The fraction of sp³-hybridized carbons (Fsp3) is 0.500. The van der Waals surface area contributed by atoms with Gasteiger partial charge in [-0.25, -0.2) is 19.6 Å². The van der Waals surface area contributed by atoms with Gasteiger partial charge in [0.05, 0.1) is 39.0 Å². The van der Waals surface area contributed by atoms with Gasteiger partial charge >= 0.3 is 11.9 Å². The molecule has 2 aliphatic rings. The molecule has 0 radical (unpaired) electrons. The van der Waals surface area contributed by atoms with Crippen LogP contribution in [0.3, 0.4) is 0 Å². The first-order valence-corrected chi connectivity index (χ1v) is 26.5. The Morgan fingerprint density at radius 2 is 1.13 bits per heavy atom. The van der Waals surface area contributed by atoms with Gasteiger partial charge in [0, 0.05) is 33.9 Å². The van der Waals surface area contributed by atoms with Gasteiger partial charge in [0.2, 0.25) is 35.4 Å². The first kappa shape index (κ1) is 57.1. The van der Waals surface area contributed by atoms with Crippen molar-refractivity contribution in [2.45, 2.75) is 94.5 Å². The Labute approximate surface area is 442 Å². The summed E-state index contributed by atoms with van der Waals surface area (Å²) in [6.45, 7) is 8.11. The second kappa shape index (κ2) is 24.9. The standard InChI is InChI=1S/C50H64N12O11S2/c1-25(2)38-48(70)73-23-35(58-41(63)33-20-51-29-16-12-14-18-31(29)55-33)43(65)54-28(6)45(67)62(10)40-47(69)61(9)39(26(3)4)49(71)72-22-34(57-37-21-52-30-17-13-15-19-32(30)56-37)42(64)53-27(5)44(66)59(7)36(46(68)60(38)8)24-75-50(40)74-11/h12-21,25-28,34-36,38-40,50H,22-24H2,1-11H3,(H,53,64)(H,54,65)(H,56,57)(H,58,63)/t27-,28-,34+,35+,36-,38-,39-,40+,50?/m0/s1. The third kappa shape index (κ3) is 13.2. The van der Waals surface area contributed by atoms with E-state index in [-0.39, 0.29) is 17.3 Å². The lowest BCUT2D eigenvalue weighted by Crippen LogP contribution is -2.60. The minimum absolute atomic E-state index is 0.142. The van der Waals surface area contributed by atoms with Crippen molar-refractivity contribution in [1.82, 2.24) is 55.5 Å². The molecule has 75 heavy (non-hydrogen) atoms. The fourth-order valence-electron chi connectivity index (χ4n) is 8.78. The molecule has 2 saturated heterocycles. The maximum Gasteiger partial charge on any atom is 0.329 e. The van der Waals surface area contributed by atoms with Crippen LogP contribution in [0.5, 0.6) is 0 Å². The van der Waals surface area contributed by atoms with Crippen LogP contribution in [-0.2, 0) is 47.8 Å². The van der Waals surface area contributed by atoms with Crippen LogP contribution in [0.25, 0.3) is 22.1 Å². The zero-order valence-electron chi connectivity index (χ0n) is 43.6. The SMILES string of the molecule is CSC1SC[C@H]2C(=O)N(C)[C@@H](C(C)C)C(=O)OC[C@@H](NC(=O)c3cnc4ccccc4n3)C(=O)N[C@@H](C)C(=O)N(C)[C@@H]1C(=O)N(C)[C@@H](C(C)C)C(=O)OC[C@@H](Nc1cnc3ccccc3n1)C(=O)N[C@@H](C)C(=O)N2C. The number of aromatic nitrogens is 4. The first-order valence-electron chi connectivity index (χ1n) is 24.2. The summed E-state index contributed by atoms with van der Waals surface area (Å²) >= 11 is 2.22. The van der Waals surface area contributed by atoms with Crippen molar-refractivity contribution in [3.8, 4) is 0 Å². The van der Waals surface area contributed by atoms with Crippen molar-refractivity contribution >= 4 is 105 Å². The summed E-state index contributed by atoms with van der Waals surface area (Å²) in [4.78, 5) is 152. The molecule has 9 atom stereocenters. The van der Waals surface area contributed by atoms with Crippen molar-refractivity contribution in [3.05, 3.63) is 66.6 Å². The van der Waals surface area contributed by atoms with E-state index in [1.165, 1.54) is 54.4 Å². The van der Waals surface area contributed by atoms with Gasteiger partial charge in [-0.05, 0) is 56.2 Å². The van der Waals surface area contributed by atoms with Gasteiger partial charge in [0.25, 0.3) is 5.91 Å². The van der Waals surface area contributed by atoms with Gasteiger partial charge in [-0.15, -0.1) is 23.5 Å². The minimum Gasteiger partial charge on any atom is -0.461 e. The number of benzene rings is 2. The van der Waals surface area contributed by atoms with Crippen molar-refractivity contribution in [1.29, 1.82) is 0 Å². The summed E-state index contributed by atoms with van der Waals surface area (Å²) in [5, 5.41) is 10.8. The van der Waals surface area contributed by atoms with Crippen LogP contribution in [0.2, 0.25) is 0 Å². The summed E-state index contributed by atoms with van der Waals surface area (Å²) in [6, 6.07) is 2.71. The van der Waals surface area contributed by atoms with Gasteiger partial charge in [0.1, 0.15) is 73.1 Å². The van der Waals surface area contributed by atoms with Gasteiger partial charge in [-0.1, -0.05) is 52.0 Å². The number of anilines is 1. The number of esters is 2. The number of thioether (sulfide) groups is 2. The zero-order valence-corrected chi connectivity index (χ0v) is 45.3. The van der Waals surface area contributed by atoms with E-state index in [4.69, 9.17) is 9.47 Å². The van der Waals surface area contributed by atoms with E-state index >= 15 is 9.59 Å². The van der Waals surface area contributed by atoms with Gasteiger partial charge in [-0.2, -0.15) is 0 Å². The first-order chi connectivity index (χ1) is 35.5. The molecule has 1 unspecified atom stereocenters. The molecule has 4 aromatic rings. The molecule has 2 bridgehead atoms. The average Bonchev–Trinajstić information content (AvgIpc) is 3.38. The smallest absolute Gasteiger partial charge is 0.329 e. The number of ether oxygens (including phenoxy) is 2. The number of nitrogens with one attached hydrogen (secondary N) is 4. The highest BCUT2D eigenvalue weighted by Gasteiger charge is 2.45. The minimum atomic E-state index is -1.64. The highest BCUT2D eigenvalue weighted by molar-refractivity contribution is 8.16. The molecule has 2 aromatic heterocycles. The van der Waals surface area contributed by atoms with Gasteiger partial charge in [-0.3, -0.25) is 43.5 Å². The Hall–Kier alpha value is -7.15. The lowest BCUT2D eigenvalue weighted by atomic mass is 10.0. The molecular formula is C50H64N12O11S2. The van der Waals surface area contributed by atoms with Gasteiger partial charge in [0.15, 0.2) is 0 Å². The van der Waals surface area contributed by atoms with Crippen molar-refractivity contribution in [3.63, 3.8) is 0 Å². The molecule has 0 aliphatic carbocycles. The lowest BCUT2D eigenvalue weighted by Gasteiger charge is -2.40. The number of rotatable bonds is 7. The monoisotopic (exact) mass is 1070 g/mol. The molecular weight excluding hydrogens is 1010 g/mol. The predicted octanol–water partition coefficient (Wildman–Crippen LogP) is 1.32. The molecule has 4 heterocycles. The van der Waals surface area contributed by atoms with E-state index in [2.05, 4.69) is 41.2 Å². The Bertz CT molecular complexity index is 2820. The van der Waals surface area contributed by atoms with Gasteiger partial charge < -0.3 is 50.3 Å². The number of nitrogens with zero attached hydrogens (tertiary/aromatic N) is 8. The molecule has 2 fully saturated rings. The summed E-state index contributed by atoms with van der Waals surface area (Å²) in [6.07, 6.45) is 4.29. The molecule has 23 nitrogen and oxygen atoms in total. The highest BCUT2D eigenvalue weighted by atomic mass is 32.2. The second-order valence-corrected chi connectivity index (χ2v) is 21.5. The van der Waals surface area contributed by atoms with Crippen LogP contribution < -0.4 is 21.3 Å². The molecule has 6 rings (SSSR count). The van der Waals surface area contributed by atoms with Crippen molar-refractivity contribution in [2.24, 2.45) is 11.8 Å². The summed E-state index contributed by atoms with van der Waals surface area (Å²) in [7, 11) is 5.46. The van der Waals surface area contributed by atoms with Crippen LogP contribution in [0.15, 0.2) is 60.9 Å². The molecule has 2 aromatic carbocycles. The molecule has 7 amide bonds. The van der Waals surface area contributed by atoms with E-state index < -0.39 is 131 Å². The average molecular weight is 1070 g/mol. The number of likely N-dealkylation sites (N-methyl/N-ethyl adjacent to an activating group) is 4. The number of amides is 7. The Balaban J connectivity index is 1.44. The highest BCUT2D eigenvalue weighted by Crippen LogP contribution is 2.32.